The monoisotopic (exact) mass is 282 g/mol. The first kappa shape index (κ1) is 14.2. The van der Waals surface area contributed by atoms with Crippen molar-refractivity contribution in [1.29, 1.82) is 0 Å². The highest BCUT2D eigenvalue weighted by atomic mass is 32.2. The Balaban J connectivity index is 1.67. The zero-order valence-corrected chi connectivity index (χ0v) is 13.5. The Kier molecular flexibility index (Phi) is 4.17. The van der Waals surface area contributed by atoms with Crippen LogP contribution in [0.3, 0.4) is 0 Å². The topological polar surface area (TPSA) is 15.3 Å². The van der Waals surface area contributed by atoms with E-state index in [4.69, 9.17) is 0 Å². The summed E-state index contributed by atoms with van der Waals surface area (Å²) in [7, 11) is 0. The Bertz CT molecular complexity index is 308. The van der Waals surface area contributed by atoms with Crippen LogP contribution in [0.1, 0.15) is 58.3 Å². The molecule has 2 nitrogen and oxygen atoms in total. The summed E-state index contributed by atoms with van der Waals surface area (Å²) in [4.78, 5) is 2.85. The Morgan fingerprint density at radius 1 is 1.16 bits per heavy atom. The van der Waals surface area contributed by atoms with Crippen LogP contribution < -0.4 is 5.32 Å². The van der Waals surface area contributed by atoms with Gasteiger partial charge >= 0.3 is 0 Å². The number of nitrogens with one attached hydrogen (secondary N) is 1. The second-order valence-electron chi connectivity index (χ2n) is 7.08. The lowest BCUT2D eigenvalue weighted by atomic mass is 9.79. The first-order chi connectivity index (χ1) is 9.21. The van der Waals surface area contributed by atoms with Crippen molar-refractivity contribution in [2.24, 2.45) is 0 Å². The van der Waals surface area contributed by atoms with Gasteiger partial charge in [0.1, 0.15) is 0 Å². The summed E-state index contributed by atoms with van der Waals surface area (Å²) in [6.45, 7) is 6.24. The molecule has 0 aromatic rings. The molecule has 1 N–H and O–H groups in total. The summed E-state index contributed by atoms with van der Waals surface area (Å²) in [6.07, 6.45) is 13.6. The van der Waals surface area contributed by atoms with Gasteiger partial charge in [-0.05, 0) is 38.4 Å². The van der Waals surface area contributed by atoms with Gasteiger partial charge in [0.2, 0.25) is 0 Å². The van der Waals surface area contributed by atoms with Crippen LogP contribution in [0.5, 0.6) is 0 Å². The van der Waals surface area contributed by atoms with Gasteiger partial charge in [0.25, 0.3) is 0 Å². The third-order valence-electron chi connectivity index (χ3n) is 5.75. The van der Waals surface area contributed by atoms with Crippen LogP contribution in [0, 0.1) is 0 Å². The Morgan fingerprint density at radius 2 is 1.89 bits per heavy atom. The highest BCUT2D eigenvalue weighted by molar-refractivity contribution is 8.00. The molecule has 19 heavy (non-hydrogen) atoms. The number of piperazine rings is 1. The van der Waals surface area contributed by atoms with E-state index < -0.39 is 0 Å². The minimum Gasteiger partial charge on any atom is -0.308 e. The highest BCUT2D eigenvalue weighted by Crippen LogP contribution is 2.48. The lowest BCUT2D eigenvalue weighted by Gasteiger charge is -2.50. The molecule has 1 heterocycles. The Labute approximate surface area is 123 Å². The molecule has 1 aliphatic heterocycles. The Hall–Kier alpha value is 0.270. The zero-order valence-electron chi connectivity index (χ0n) is 12.7. The van der Waals surface area contributed by atoms with Gasteiger partial charge in [-0.15, -0.1) is 0 Å². The molecule has 1 atom stereocenters. The molecule has 2 saturated carbocycles. The van der Waals surface area contributed by atoms with Crippen LogP contribution in [0.15, 0.2) is 0 Å². The van der Waals surface area contributed by atoms with Gasteiger partial charge in [0.05, 0.1) is 0 Å². The van der Waals surface area contributed by atoms with Crippen molar-refractivity contribution in [2.45, 2.75) is 74.6 Å². The van der Waals surface area contributed by atoms with E-state index in [0.717, 1.165) is 6.04 Å². The zero-order chi connectivity index (χ0) is 13.3. The molecule has 0 aromatic carbocycles. The van der Waals surface area contributed by atoms with Gasteiger partial charge in [0.15, 0.2) is 0 Å². The van der Waals surface area contributed by atoms with Crippen molar-refractivity contribution in [3.05, 3.63) is 0 Å². The maximum atomic E-state index is 3.94. The van der Waals surface area contributed by atoms with E-state index in [2.05, 4.69) is 35.2 Å². The van der Waals surface area contributed by atoms with Crippen LogP contribution in [0.25, 0.3) is 0 Å². The minimum atomic E-state index is 0.471. The van der Waals surface area contributed by atoms with Gasteiger partial charge < -0.3 is 5.32 Å². The van der Waals surface area contributed by atoms with Crippen molar-refractivity contribution >= 4 is 11.8 Å². The van der Waals surface area contributed by atoms with E-state index in [1.807, 2.05) is 0 Å². The predicted molar refractivity (Wildman–Crippen MR) is 85.0 cm³/mol. The largest absolute Gasteiger partial charge is 0.308 e. The summed E-state index contributed by atoms with van der Waals surface area (Å²) < 4.78 is 0.626. The molecule has 1 spiro atoms. The van der Waals surface area contributed by atoms with E-state index in [0.29, 0.717) is 10.3 Å². The SMILES string of the molecule is CCC1CNC2(CCCCC2)CN1CC1(SC)CC1. The van der Waals surface area contributed by atoms with E-state index in [1.165, 1.54) is 71.0 Å². The third kappa shape index (κ3) is 2.98. The molecule has 1 saturated heterocycles. The lowest BCUT2D eigenvalue weighted by molar-refractivity contribution is 0.0531. The molecular formula is C16H30N2S. The molecular weight excluding hydrogens is 252 g/mol. The fourth-order valence-electron chi connectivity index (χ4n) is 4.12. The average molecular weight is 282 g/mol. The van der Waals surface area contributed by atoms with Crippen molar-refractivity contribution < 1.29 is 0 Å². The number of hydrogen-bond acceptors (Lipinski definition) is 3. The second-order valence-corrected chi connectivity index (χ2v) is 8.35. The smallest absolute Gasteiger partial charge is 0.0309 e. The second kappa shape index (κ2) is 5.57. The first-order valence-corrected chi connectivity index (χ1v) is 9.48. The average Bonchev–Trinajstić information content (AvgIpc) is 3.20. The number of thioether (sulfide) groups is 1. The molecule has 2 aliphatic carbocycles. The quantitative estimate of drug-likeness (QED) is 0.852. The van der Waals surface area contributed by atoms with Gasteiger partial charge in [-0.1, -0.05) is 26.2 Å². The van der Waals surface area contributed by atoms with E-state index >= 15 is 0 Å². The molecule has 3 rings (SSSR count). The normalized spacial score (nSPS) is 33.5. The lowest BCUT2D eigenvalue weighted by Crippen LogP contribution is -2.65. The number of rotatable bonds is 4. The van der Waals surface area contributed by atoms with Crippen LogP contribution in [-0.2, 0) is 0 Å². The van der Waals surface area contributed by atoms with E-state index in [-0.39, 0.29) is 0 Å². The van der Waals surface area contributed by atoms with Crippen LogP contribution >= 0.6 is 11.8 Å². The van der Waals surface area contributed by atoms with Crippen LogP contribution in [-0.4, -0.2) is 47.1 Å². The summed E-state index contributed by atoms with van der Waals surface area (Å²) in [6, 6.07) is 0.775. The van der Waals surface area contributed by atoms with Crippen molar-refractivity contribution in [1.82, 2.24) is 10.2 Å². The number of hydrogen-bond donors (Lipinski definition) is 1. The maximum Gasteiger partial charge on any atom is 0.0309 e. The van der Waals surface area contributed by atoms with Crippen LogP contribution in [0.2, 0.25) is 0 Å². The first-order valence-electron chi connectivity index (χ1n) is 8.25. The van der Waals surface area contributed by atoms with Gasteiger partial charge in [-0.25, -0.2) is 0 Å². The predicted octanol–water partition coefficient (Wildman–Crippen LogP) is 3.27. The highest BCUT2D eigenvalue weighted by Gasteiger charge is 2.47. The molecule has 3 heteroatoms. The molecule has 110 valence electrons. The molecule has 0 aromatic heterocycles. The van der Waals surface area contributed by atoms with Crippen molar-refractivity contribution in [3.63, 3.8) is 0 Å². The van der Waals surface area contributed by atoms with Gasteiger partial charge in [-0.2, -0.15) is 11.8 Å². The molecule has 1 unspecified atom stereocenters. The summed E-state index contributed by atoms with van der Waals surface area (Å²) in [5.41, 5.74) is 0.471. The molecule has 3 fully saturated rings. The van der Waals surface area contributed by atoms with Gasteiger partial charge in [0, 0.05) is 36.0 Å². The van der Waals surface area contributed by atoms with Crippen molar-refractivity contribution in [3.8, 4) is 0 Å². The standard InChI is InChI=1S/C16H30N2S/c1-3-14-11-17-15(7-5-4-6-8-15)12-18(14)13-16(19-2)9-10-16/h14,17H,3-13H2,1-2H3. The van der Waals surface area contributed by atoms with Crippen molar-refractivity contribution in [2.75, 3.05) is 25.9 Å². The summed E-state index contributed by atoms with van der Waals surface area (Å²) in [5.74, 6) is 0. The fraction of sp³-hybridized carbons (Fsp3) is 1.00. The number of nitrogens with zero attached hydrogens (tertiary/aromatic N) is 1. The van der Waals surface area contributed by atoms with E-state index in [9.17, 15) is 0 Å². The summed E-state index contributed by atoms with van der Waals surface area (Å²) in [5, 5.41) is 3.94. The molecule has 0 bridgehead atoms. The van der Waals surface area contributed by atoms with E-state index in [1.54, 1.807) is 0 Å². The maximum absolute atomic E-state index is 3.94. The molecule has 3 aliphatic rings. The summed E-state index contributed by atoms with van der Waals surface area (Å²) >= 11 is 2.12. The Morgan fingerprint density at radius 3 is 2.47 bits per heavy atom. The third-order valence-corrected chi connectivity index (χ3v) is 7.15. The van der Waals surface area contributed by atoms with Crippen LogP contribution in [0.4, 0.5) is 0 Å². The fourth-order valence-corrected chi connectivity index (χ4v) is 4.93. The van der Waals surface area contributed by atoms with Gasteiger partial charge in [-0.3, -0.25) is 4.90 Å². The molecule has 0 radical (unpaired) electrons. The minimum absolute atomic E-state index is 0.471. The molecule has 0 amide bonds.